The minimum atomic E-state index is -4.82. The van der Waals surface area contributed by atoms with Gasteiger partial charge < -0.3 is 10.1 Å². The Hall–Kier alpha value is -2.77. The molecule has 2 rings (SSSR count). The van der Waals surface area contributed by atoms with Gasteiger partial charge >= 0.3 is 11.9 Å². The molecular weight excluding hydrogens is 313 g/mol. The minimum Gasteiger partial charge on any atom is -0.492 e. The van der Waals surface area contributed by atoms with E-state index in [0.29, 0.717) is 24.1 Å². The van der Waals surface area contributed by atoms with Crippen LogP contribution in [0.15, 0.2) is 42.5 Å². The molecule has 23 heavy (non-hydrogen) atoms. The van der Waals surface area contributed by atoms with Crippen LogP contribution in [-0.4, -0.2) is 11.5 Å². The number of hydrogen-bond acceptors (Lipinski definition) is 4. The van der Waals surface area contributed by atoms with E-state index < -0.39 is 22.4 Å². The van der Waals surface area contributed by atoms with Gasteiger partial charge in [0.2, 0.25) is 0 Å². The quantitative estimate of drug-likeness (QED) is 0.636. The zero-order chi connectivity index (χ0) is 17.0. The Balaban J connectivity index is 2.51. The molecule has 0 spiro atoms. The first-order valence-corrected chi connectivity index (χ1v) is 6.68. The van der Waals surface area contributed by atoms with Gasteiger partial charge in [-0.05, 0) is 31.2 Å². The van der Waals surface area contributed by atoms with Gasteiger partial charge in [-0.1, -0.05) is 18.2 Å². The molecule has 8 heteroatoms. The summed E-state index contributed by atoms with van der Waals surface area (Å²) in [5.74, 6) is 0.390. The smallest absolute Gasteiger partial charge is 0.423 e. The SMILES string of the molecule is CCOc1ccccc1Nc1cccc(C(F)(F)F)c1[N+](=O)[O-]. The lowest BCUT2D eigenvalue weighted by atomic mass is 10.1. The van der Waals surface area contributed by atoms with Gasteiger partial charge in [-0.2, -0.15) is 13.2 Å². The van der Waals surface area contributed by atoms with Crippen molar-refractivity contribution in [1.82, 2.24) is 0 Å². The van der Waals surface area contributed by atoms with Gasteiger partial charge in [-0.15, -0.1) is 0 Å². The molecule has 0 bridgehead atoms. The van der Waals surface area contributed by atoms with Crippen molar-refractivity contribution in [2.75, 3.05) is 11.9 Å². The van der Waals surface area contributed by atoms with Crippen molar-refractivity contribution < 1.29 is 22.8 Å². The Morgan fingerprint density at radius 3 is 2.39 bits per heavy atom. The summed E-state index contributed by atoms with van der Waals surface area (Å²) in [7, 11) is 0. The van der Waals surface area contributed by atoms with Crippen LogP contribution < -0.4 is 10.1 Å². The molecule has 0 atom stereocenters. The molecule has 0 aromatic heterocycles. The summed E-state index contributed by atoms with van der Waals surface area (Å²) < 4.78 is 44.3. The highest BCUT2D eigenvalue weighted by molar-refractivity contribution is 5.75. The molecule has 0 radical (unpaired) electrons. The Morgan fingerprint density at radius 1 is 1.13 bits per heavy atom. The average molecular weight is 326 g/mol. The number of ether oxygens (including phenoxy) is 1. The van der Waals surface area contributed by atoms with E-state index in [-0.39, 0.29) is 5.69 Å². The normalized spacial score (nSPS) is 11.1. The van der Waals surface area contributed by atoms with E-state index >= 15 is 0 Å². The standard InChI is InChI=1S/C15H13F3N2O3/c1-2-23-13-9-4-3-7-11(13)19-12-8-5-6-10(15(16,17)18)14(12)20(21)22/h3-9,19H,2H2,1H3. The topological polar surface area (TPSA) is 64.4 Å². The fraction of sp³-hybridized carbons (Fsp3) is 0.200. The molecule has 0 saturated heterocycles. The maximum Gasteiger partial charge on any atom is 0.423 e. The number of anilines is 2. The maximum atomic E-state index is 13.0. The van der Waals surface area contributed by atoms with Crippen molar-refractivity contribution in [2.24, 2.45) is 0 Å². The molecule has 0 aliphatic carbocycles. The highest BCUT2D eigenvalue weighted by atomic mass is 19.4. The number of hydrogen-bond donors (Lipinski definition) is 1. The number of para-hydroxylation sites is 3. The van der Waals surface area contributed by atoms with Crippen LogP contribution in [0, 0.1) is 10.1 Å². The third-order valence-corrected chi connectivity index (χ3v) is 2.98. The van der Waals surface area contributed by atoms with E-state index in [1.54, 1.807) is 31.2 Å². The summed E-state index contributed by atoms with van der Waals surface area (Å²) in [6.07, 6.45) is -4.82. The molecule has 1 N–H and O–H groups in total. The van der Waals surface area contributed by atoms with E-state index in [0.717, 1.165) is 6.07 Å². The highest BCUT2D eigenvalue weighted by Crippen LogP contribution is 2.41. The maximum absolute atomic E-state index is 13.0. The van der Waals surface area contributed by atoms with E-state index in [9.17, 15) is 23.3 Å². The Labute approximate surface area is 129 Å². The van der Waals surface area contributed by atoms with Crippen LogP contribution >= 0.6 is 0 Å². The van der Waals surface area contributed by atoms with E-state index in [4.69, 9.17) is 4.74 Å². The van der Waals surface area contributed by atoms with Gasteiger partial charge in [-0.25, -0.2) is 0 Å². The first-order chi connectivity index (χ1) is 10.8. The van der Waals surface area contributed by atoms with Crippen LogP contribution in [0.4, 0.5) is 30.2 Å². The number of nitrogens with zero attached hydrogens (tertiary/aromatic N) is 1. The zero-order valence-electron chi connectivity index (χ0n) is 12.1. The van der Waals surface area contributed by atoms with Crippen LogP contribution in [0.25, 0.3) is 0 Å². The lowest BCUT2D eigenvalue weighted by Gasteiger charge is -2.14. The summed E-state index contributed by atoms with van der Waals surface area (Å²) >= 11 is 0. The van der Waals surface area contributed by atoms with Crippen LogP contribution in [0.5, 0.6) is 5.75 Å². The fourth-order valence-corrected chi connectivity index (χ4v) is 2.07. The summed E-state index contributed by atoms with van der Waals surface area (Å²) in [6.45, 7) is 2.10. The molecule has 0 aliphatic heterocycles. The lowest BCUT2D eigenvalue weighted by molar-refractivity contribution is -0.387. The monoisotopic (exact) mass is 326 g/mol. The molecule has 2 aromatic rings. The van der Waals surface area contributed by atoms with Crippen molar-refractivity contribution >= 4 is 17.1 Å². The molecule has 0 aliphatic rings. The summed E-state index contributed by atoms with van der Waals surface area (Å²) in [6, 6.07) is 9.52. The number of alkyl halides is 3. The van der Waals surface area contributed by atoms with Gasteiger partial charge in [0, 0.05) is 0 Å². The average Bonchev–Trinajstić information content (AvgIpc) is 2.48. The second kappa shape index (κ2) is 6.55. The third-order valence-electron chi connectivity index (χ3n) is 2.98. The van der Waals surface area contributed by atoms with Crippen molar-refractivity contribution in [3.8, 4) is 5.75 Å². The van der Waals surface area contributed by atoms with Crippen molar-refractivity contribution in [3.05, 3.63) is 58.1 Å². The van der Waals surface area contributed by atoms with Crippen molar-refractivity contribution in [2.45, 2.75) is 13.1 Å². The van der Waals surface area contributed by atoms with Gasteiger partial charge in [0.25, 0.3) is 0 Å². The van der Waals surface area contributed by atoms with Gasteiger partial charge in [0.05, 0.1) is 17.2 Å². The fourth-order valence-electron chi connectivity index (χ4n) is 2.07. The third kappa shape index (κ3) is 3.71. The number of benzene rings is 2. The van der Waals surface area contributed by atoms with Gasteiger partial charge in [0.15, 0.2) is 0 Å². The van der Waals surface area contributed by atoms with Gasteiger partial charge in [-0.3, -0.25) is 10.1 Å². The molecule has 0 fully saturated rings. The molecule has 2 aromatic carbocycles. The van der Waals surface area contributed by atoms with E-state index in [2.05, 4.69) is 5.32 Å². The molecule has 122 valence electrons. The molecule has 0 unspecified atom stereocenters. The van der Waals surface area contributed by atoms with E-state index in [1.807, 2.05) is 0 Å². The number of nitro benzene ring substituents is 1. The predicted octanol–water partition coefficient (Wildman–Crippen LogP) is 4.76. The number of nitrogens with one attached hydrogen (secondary N) is 1. The summed E-state index contributed by atoms with van der Waals surface area (Å²) in [5.41, 5.74) is -2.23. The van der Waals surface area contributed by atoms with Crippen molar-refractivity contribution in [1.29, 1.82) is 0 Å². The van der Waals surface area contributed by atoms with Gasteiger partial charge in [0.1, 0.15) is 17.0 Å². The first-order valence-electron chi connectivity index (χ1n) is 6.68. The van der Waals surface area contributed by atoms with E-state index in [1.165, 1.54) is 6.07 Å². The zero-order valence-corrected chi connectivity index (χ0v) is 12.1. The highest BCUT2D eigenvalue weighted by Gasteiger charge is 2.39. The summed E-state index contributed by atoms with van der Waals surface area (Å²) in [5, 5.41) is 13.8. The van der Waals surface area contributed by atoms with Crippen LogP contribution in [0.1, 0.15) is 12.5 Å². The lowest BCUT2D eigenvalue weighted by Crippen LogP contribution is -2.10. The number of nitro groups is 1. The molecule has 0 heterocycles. The summed E-state index contributed by atoms with van der Waals surface area (Å²) in [4.78, 5) is 10.1. The van der Waals surface area contributed by atoms with Crippen LogP contribution in [0.2, 0.25) is 0 Å². The van der Waals surface area contributed by atoms with Crippen LogP contribution in [-0.2, 0) is 6.18 Å². The Bertz CT molecular complexity index is 717. The first kappa shape index (κ1) is 16.6. The Kier molecular flexibility index (Phi) is 4.73. The second-order valence-electron chi connectivity index (χ2n) is 4.51. The largest absolute Gasteiger partial charge is 0.492 e. The molecule has 0 amide bonds. The second-order valence-corrected chi connectivity index (χ2v) is 4.51. The Morgan fingerprint density at radius 2 is 1.78 bits per heavy atom. The number of rotatable bonds is 5. The van der Waals surface area contributed by atoms with Crippen LogP contribution in [0.3, 0.4) is 0 Å². The minimum absolute atomic E-state index is 0.253. The van der Waals surface area contributed by atoms with Crippen molar-refractivity contribution in [3.63, 3.8) is 0 Å². The molecular formula is C15H13F3N2O3. The molecule has 0 saturated carbocycles. The molecule has 5 nitrogen and oxygen atoms in total. The predicted molar refractivity (Wildman–Crippen MR) is 79.0 cm³/mol. The number of halogens is 3.